The molecule has 0 atom stereocenters. The van der Waals surface area contributed by atoms with Gasteiger partial charge in [-0.25, -0.2) is 4.98 Å². The van der Waals surface area contributed by atoms with Crippen LogP contribution in [0.25, 0.3) is 39.1 Å². The number of aromatic nitrogens is 3. The third kappa shape index (κ3) is 6.04. The van der Waals surface area contributed by atoms with Crippen LogP contribution >= 0.6 is 11.6 Å². The summed E-state index contributed by atoms with van der Waals surface area (Å²) in [6.45, 7) is 3.87. The van der Waals surface area contributed by atoms with Crippen molar-refractivity contribution in [1.29, 1.82) is 0 Å². The Hall–Kier alpha value is -5.93. The highest BCUT2D eigenvalue weighted by Gasteiger charge is 2.17. The Morgan fingerprint density at radius 1 is 0.957 bits per heavy atom. The van der Waals surface area contributed by atoms with Gasteiger partial charge in [0.2, 0.25) is 5.82 Å². The van der Waals surface area contributed by atoms with E-state index in [4.69, 9.17) is 25.7 Å². The number of amides is 1. The summed E-state index contributed by atoms with van der Waals surface area (Å²) >= 11 is 6.20. The van der Waals surface area contributed by atoms with Crippen molar-refractivity contribution in [3.8, 4) is 23.0 Å². The number of aryl methyl sites for hydroxylation is 1. The maximum absolute atomic E-state index is 13.7. The second-order valence-electron chi connectivity index (χ2n) is 11.0. The van der Waals surface area contributed by atoms with E-state index in [0.717, 1.165) is 28.0 Å². The van der Waals surface area contributed by atoms with Crippen molar-refractivity contribution in [3.63, 3.8) is 0 Å². The van der Waals surface area contributed by atoms with Crippen LogP contribution in [0.15, 0.2) is 124 Å². The molecule has 0 aliphatic rings. The van der Waals surface area contributed by atoms with Gasteiger partial charge in [-0.3, -0.25) is 9.59 Å². The number of hydrogen-bond donors (Lipinski definition) is 1. The first-order valence-electron chi connectivity index (χ1n) is 14.9. The average molecular weight is 642 g/mol. The molecule has 3 aromatic heterocycles. The number of hydrogen-bond acceptors (Lipinski definition) is 6. The van der Waals surface area contributed by atoms with Crippen molar-refractivity contribution < 1.29 is 13.9 Å². The zero-order valence-corrected chi connectivity index (χ0v) is 26.2. The van der Waals surface area contributed by atoms with Gasteiger partial charge in [0.1, 0.15) is 11.3 Å². The zero-order valence-electron chi connectivity index (χ0n) is 25.5. The van der Waals surface area contributed by atoms with Crippen molar-refractivity contribution >= 4 is 51.3 Å². The van der Waals surface area contributed by atoms with E-state index in [2.05, 4.69) is 15.0 Å². The molecule has 1 amide bonds. The highest BCUT2D eigenvalue weighted by molar-refractivity contribution is 6.31. The van der Waals surface area contributed by atoms with E-state index in [9.17, 15) is 9.59 Å². The number of nitrogens with one attached hydrogen (secondary N) is 1. The van der Waals surface area contributed by atoms with Crippen LogP contribution in [0.3, 0.4) is 0 Å². The van der Waals surface area contributed by atoms with Gasteiger partial charge in [-0.2, -0.15) is 9.78 Å². The van der Waals surface area contributed by atoms with Crippen LogP contribution in [0, 0.1) is 13.8 Å². The van der Waals surface area contributed by atoms with Gasteiger partial charge in [0.25, 0.3) is 11.5 Å². The molecule has 0 radical (unpaired) electrons. The van der Waals surface area contributed by atoms with Crippen molar-refractivity contribution in [1.82, 2.24) is 14.2 Å². The molecule has 0 aliphatic carbocycles. The van der Waals surface area contributed by atoms with Gasteiger partial charge in [-0.15, -0.1) is 0 Å². The zero-order chi connectivity index (χ0) is 32.5. The summed E-state index contributed by atoms with van der Waals surface area (Å²) in [5, 5.41) is 9.27. The summed E-state index contributed by atoms with van der Waals surface area (Å²) in [5.41, 5.74) is 5.18. The molecule has 0 fully saturated rings. The number of furan rings is 1. The first kappa shape index (κ1) is 29.8. The van der Waals surface area contributed by atoms with Gasteiger partial charge in [0.05, 0.1) is 17.1 Å². The molecule has 0 saturated heterocycles. The van der Waals surface area contributed by atoms with Gasteiger partial charge in [-0.05, 0) is 92.7 Å². The summed E-state index contributed by atoms with van der Waals surface area (Å²) < 4.78 is 15.1. The van der Waals surface area contributed by atoms with Crippen LogP contribution in [-0.4, -0.2) is 33.0 Å². The van der Waals surface area contributed by atoms with Crippen LogP contribution in [0.5, 0.6) is 5.75 Å². The predicted molar refractivity (Wildman–Crippen MR) is 185 cm³/mol. The summed E-state index contributed by atoms with van der Waals surface area (Å²) in [7, 11) is 0. The van der Waals surface area contributed by atoms with E-state index in [1.165, 1.54) is 4.68 Å². The van der Waals surface area contributed by atoms with E-state index >= 15 is 0 Å². The second-order valence-corrected chi connectivity index (χ2v) is 11.4. The number of nitrogens with zero attached hydrogens (tertiary/aromatic N) is 4. The predicted octanol–water partition coefficient (Wildman–Crippen LogP) is 7.77. The normalized spacial score (nSPS) is 11.5. The molecule has 9 nitrogen and oxygen atoms in total. The van der Waals surface area contributed by atoms with Gasteiger partial charge in [-0.1, -0.05) is 41.9 Å². The summed E-state index contributed by atoms with van der Waals surface area (Å²) in [6, 6.07) is 33.0. The van der Waals surface area contributed by atoms with Gasteiger partial charge >= 0.3 is 0 Å². The van der Waals surface area contributed by atoms with E-state index in [-0.39, 0.29) is 23.9 Å². The Balaban J connectivity index is 1.16. The molecule has 0 spiro atoms. The first-order chi connectivity index (χ1) is 22.8. The fourth-order valence-electron chi connectivity index (χ4n) is 5.51. The minimum Gasteiger partial charge on any atom is -0.484 e. The molecule has 4 aromatic carbocycles. The van der Waals surface area contributed by atoms with E-state index in [1.54, 1.807) is 48.7 Å². The summed E-state index contributed by atoms with van der Waals surface area (Å²) in [5.74, 6) is 1.01. The molecule has 3 heterocycles. The smallest absolute Gasteiger partial charge is 0.282 e. The second kappa shape index (κ2) is 12.5. The van der Waals surface area contributed by atoms with Gasteiger partial charge < -0.3 is 19.0 Å². The fraction of sp³-hybridized carbons (Fsp3) is 0.0811. The lowest BCUT2D eigenvalue weighted by atomic mass is 10.2. The minimum atomic E-state index is -0.317. The number of anilines is 1. The molecule has 0 bridgehead atoms. The van der Waals surface area contributed by atoms with E-state index < -0.39 is 0 Å². The summed E-state index contributed by atoms with van der Waals surface area (Å²) in [4.78, 5) is 30.8. The van der Waals surface area contributed by atoms with Crippen molar-refractivity contribution in [2.24, 2.45) is 5.10 Å². The lowest BCUT2D eigenvalue weighted by molar-refractivity contribution is -0.118. The summed E-state index contributed by atoms with van der Waals surface area (Å²) in [6.07, 6.45) is 1.66. The number of halogens is 1. The Bertz CT molecular complexity index is 2360. The SMILES string of the molecule is Cc1cc(C=Nn2c(-c3cc4cc(Cl)ccc4o3)nc3ccccc3c2=O)c(C)n1-c1ccc(OCC(=O)Nc2ccccc2)cc1. The maximum atomic E-state index is 13.7. The standard InChI is InChI=1S/C37H28ClN5O4/c1-23-18-26(24(2)42(23)29-13-15-30(16-14-29)46-22-35(44)40-28-8-4-3-5-9-28)21-39-43-36(41-32-11-7-6-10-31(32)37(43)45)34-20-25-19-27(38)12-17-33(25)47-34/h3-21H,22H2,1-2H3,(H,40,44). The third-order valence-corrected chi connectivity index (χ3v) is 7.99. The maximum Gasteiger partial charge on any atom is 0.282 e. The highest BCUT2D eigenvalue weighted by atomic mass is 35.5. The Labute approximate surface area is 274 Å². The number of benzene rings is 4. The van der Waals surface area contributed by atoms with Gasteiger partial charge in [0.15, 0.2) is 12.4 Å². The molecule has 7 rings (SSSR count). The van der Waals surface area contributed by atoms with Gasteiger partial charge in [0, 0.05) is 38.7 Å². The molecule has 232 valence electrons. The third-order valence-electron chi connectivity index (χ3n) is 7.76. The fourth-order valence-corrected chi connectivity index (χ4v) is 5.69. The monoisotopic (exact) mass is 641 g/mol. The lowest BCUT2D eigenvalue weighted by Crippen LogP contribution is -2.20. The van der Waals surface area contributed by atoms with E-state index in [0.29, 0.717) is 38.7 Å². The van der Waals surface area contributed by atoms with Crippen molar-refractivity contribution in [2.75, 3.05) is 11.9 Å². The van der Waals surface area contributed by atoms with Crippen LogP contribution in [0.4, 0.5) is 5.69 Å². The van der Waals surface area contributed by atoms with Crippen LogP contribution in [0.2, 0.25) is 5.02 Å². The topological polar surface area (TPSA) is 104 Å². The van der Waals surface area contributed by atoms with E-state index in [1.807, 2.05) is 80.6 Å². The molecule has 0 saturated carbocycles. The van der Waals surface area contributed by atoms with Crippen LogP contribution in [-0.2, 0) is 4.79 Å². The molecular weight excluding hydrogens is 614 g/mol. The largest absolute Gasteiger partial charge is 0.484 e. The number of carbonyl (C=O) groups is 1. The molecule has 0 aliphatic heterocycles. The Morgan fingerprint density at radius 3 is 2.53 bits per heavy atom. The number of ether oxygens (including phenoxy) is 1. The molecular formula is C37H28ClN5O4. The Morgan fingerprint density at radius 2 is 1.72 bits per heavy atom. The van der Waals surface area contributed by atoms with Crippen molar-refractivity contribution in [2.45, 2.75) is 13.8 Å². The first-order valence-corrected chi connectivity index (χ1v) is 15.2. The van der Waals surface area contributed by atoms with Crippen LogP contribution in [0.1, 0.15) is 17.0 Å². The number of fused-ring (bicyclic) bond motifs is 2. The average Bonchev–Trinajstić information content (AvgIpc) is 3.63. The molecule has 47 heavy (non-hydrogen) atoms. The number of para-hydroxylation sites is 2. The highest BCUT2D eigenvalue weighted by Crippen LogP contribution is 2.29. The minimum absolute atomic E-state index is 0.108. The van der Waals surface area contributed by atoms with Crippen LogP contribution < -0.4 is 15.6 Å². The molecule has 7 aromatic rings. The Kier molecular flexibility index (Phi) is 7.89. The quantitative estimate of drug-likeness (QED) is 0.171. The molecule has 1 N–H and O–H groups in total. The number of rotatable bonds is 8. The molecule has 10 heteroatoms. The molecule has 0 unspecified atom stereocenters. The van der Waals surface area contributed by atoms with Crippen molar-refractivity contribution in [3.05, 3.63) is 142 Å². The number of carbonyl (C=O) groups excluding carboxylic acids is 1. The lowest BCUT2D eigenvalue weighted by Gasteiger charge is -2.12.